The van der Waals surface area contributed by atoms with Crippen molar-refractivity contribution < 1.29 is 22.5 Å². The third-order valence-electron chi connectivity index (χ3n) is 5.00. The second-order valence-corrected chi connectivity index (χ2v) is 8.11. The van der Waals surface area contributed by atoms with E-state index in [1.807, 2.05) is 13.8 Å². The van der Waals surface area contributed by atoms with E-state index in [2.05, 4.69) is 5.16 Å². The van der Waals surface area contributed by atoms with E-state index in [4.69, 9.17) is 4.52 Å². The third kappa shape index (κ3) is 4.71. The highest BCUT2D eigenvalue weighted by Gasteiger charge is 2.37. The Morgan fingerprint density at radius 1 is 1.36 bits per heavy atom. The average Bonchev–Trinajstić information content (AvgIpc) is 3.42. The van der Waals surface area contributed by atoms with Crippen molar-refractivity contribution in [3.63, 3.8) is 0 Å². The van der Waals surface area contributed by atoms with Crippen LogP contribution in [0, 0.1) is 13.8 Å². The van der Waals surface area contributed by atoms with Crippen LogP contribution in [0.5, 0.6) is 0 Å². The van der Waals surface area contributed by atoms with Gasteiger partial charge in [0.1, 0.15) is 5.76 Å². The number of benzene rings is 1. The van der Waals surface area contributed by atoms with E-state index in [1.165, 1.54) is 17.8 Å². The molecular formula is C20H23F3N2O2S. The van der Waals surface area contributed by atoms with Crippen LogP contribution in [0.25, 0.3) is 0 Å². The highest BCUT2D eigenvalue weighted by atomic mass is 32.2. The van der Waals surface area contributed by atoms with E-state index in [0.717, 1.165) is 42.0 Å². The summed E-state index contributed by atoms with van der Waals surface area (Å²) in [6.07, 6.45) is -2.61. The number of hydrogen-bond donors (Lipinski definition) is 0. The van der Waals surface area contributed by atoms with Crippen molar-refractivity contribution in [1.82, 2.24) is 10.1 Å². The van der Waals surface area contributed by atoms with Crippen LogP contribution < -0.4 is 0 Å². The summed E-state index contributed by atoms with van der Waals surface area (Å²) < 4.78 is 44.2. The Hall–Kier alpha value is -1.96. The molecule has 8 heteroatoms. The van der Waals surface area contributed by atoms with Gasteiger partial charge in [-0.1, -0.05) is 17.3 Å². The molecule has 1 aliphatic rings. The maximum absolute atomic E-state index is 13.0. The Kier molecular flexibility index (Phi) is 6.07. The largest absolute Gasteiger partial charge is 0.416 e. The fourth-order valence-corrected chi connectivity index (χ4v) is 4.29. The van der Waals surface area contributed by atoms with Crippen molar-refractivity contribution in [3.8, 4) is 0 Å². The summed E-state index contributed by atoms with van der Waals surface area (Å²) in [6, 6.07) is 4.96. The van der Waals surface area contributed by atoms with E-state index < -0.39 is 17.8 Å². The van der Waals surface area contributed by atoms with E-state index in [0.29, 0.717) is 11.3 Å². The van der Waals surface area contributed by atoms with Gasteiger partial charge in [0.15, 0.2) is 0 Å². The first-order valence-electron chi connectivity index (χ1n) is 9.16. The third-order valence-corrected chi connectivity index (χ3v) is 5.94. The molecule has 1 heterocycles. The number of alkyl halides is 3. The first-order valence-corrected chi connectivity index (χ1v) is 10.3. The second-order valence-electron chi connectivity index (χ2n) is 7.13. The van der Waals surface area contributed by atoms with Gasteiger partial charge < -0.3 is 9.42 Å². The summed E-state index contributed by atoms with van der Waals surface area (Å²) in [5.41, 5.74) is 1.62. The van der Waals surface area contributed by atoms with Gasteiger partial charge >= 0.3 is 6.18 Å². The van der Waals surface area contributed by atoms with Crippen LogP contribution in [0.3, 0.4) is 0 Å². The summed E-state index contributed by atoms with van der Waals surface area (Å²) in [4.78, 5) is 14.6. The lowest BCUT2D eigenvalue weighted by Crippen LogP contribution is -2.37. The van der Waals surface area contributed by atoms with Gasteiger partial charge in [-0.3, -0.25) is 4.79 Å². The molecule has 0 spiro atoms. The first kappa shape index (κ1) is 20.8. The van der Waals surface area contributed by atoms with Crippen molar-refractivity contribution in [2.75, 3.05) is 5.75 Å². The molecule has 0 radical (unpaired) electrons. The number of aryl methyl sites for hydroxylation is 2. The summed E-state index contributed by atoms with van der Waals surface area (Å²) in [5.74, 6) is 1.57. The molecule has 0 bridgehead atoms. The smallest absolute Gasteiger partial charge is 0.361 e. The molecule has 0 saturated heterocycles. The van der Waals surface area contributed by atoms with Crippen LogP contribution in [0.1, 0.15) is 54.0 Å². The van der Waals surface area contributed by atoms with Crippen LogP contribution in [0.2, 0.25) is 0 Å². The Bertz CT molecular complexity index is 827. The van der Waals surface area contributed by atoms with Gasteiger partial charge in [-0.25, -0.2) is 0 Å². The van der Waals surface area contributed by atoms with Crippen molar-refractivity contribution >= 4 is 17.7 Å². The predicted octanol–water partition coefficient (Wildman–Crippen LogP) is 5.30. The van der Waals surface area contributed by atoms with Crippen molar-refractivity contribution in [1.29, 1.82) is 0 Å². The predicted molar refractivity (Wildman–Crippen MR) is 102 cm³/mol. The van der Waals surface area contributed by atoms with Gasteiger partial charge in [0.2, 0.25) is 5.91 Å². The monoisotopic (exact) mass is 412 g/mol. The van der Waals surface area contributed by atoms with Crippen LogP contribution >= 0.6 is 11.8 Å². The SMILES string of the molecule is Cc1noc(C)c1CSCC(=O)N(C1CC1)C(C)c1cccc(C(F)(F)F)c1. The molecule has 1 aromatic heterocycles. The summed E-state index contributed by atoms with van der Waals surface area (Å²) >= 11 is 1.47. The number of thioether (sulfide) groups is 1. The first-order chi connectivity index (χ1) is 13.2. The van der Waals surface area contributed by atoms with E-state index in [9.17, 15) is 18.0 Å². The van der Waals surface area contributed by atoms with Crippen LogP contribution in [0.4, 0.5) is 13.2 Å². The number of aromatic nitrogens is 1. The van der Waals surface area contributed by atoms with Crippen molar-refractivity contribution in [3.05, 3.63) is 52.4 Å². The van der Waals surface area contributed by atoms with Crippen molar-refractivity contribution in [2.24, 2.45) is 0 Å². The molecule has 2 aromatic rings. The molecule has 1 saturated carbocycles. The Morgan fingerprint density at radius 3 is 2.64 bits per heavy atom. The molecule has 152 valence electrons. The molecule has 3 rings (SSSR count). The molecule has 1 unspecified atom stereocenters. The van der Waals surface area contributed by atoms with Gasteiger partial charge in [-0.15, -0.1) is 11.8 Å². The number of halogens is 3. The minimum Gasteiger partial charge on any atom is -0.361 e. The highest BCUT2D eigenvalue weighted by Crippen LogP contribution is 2.37. The minimum atomic E-state index is -4.39. The lowest BCUT2D eigenvalue weighted by atomic mass is 10.0. The molecule has 1 fully saturated rings. The fourth-order valence-electron chi connectivity index (χ4n) is 3.25. The van der Waals surface area contributed by atoms with Crippen LogP contribution in [-0.2, 0) is 16.7 Å². The zero-order valence-corrected chi connectivity index (χ0v) is 16.9. The molecule has 0 N–H and O–H groups in total. The summed E-state index contributed by atoms with van der Waals surface area (Å²) in [6.45, 7) is 5.50. The fraction of sp³-hybridized carbons (Fsp3) is 0.500. The average molecular weight is 412 g/mol. The molecule has 1 atom stereocenters. The van der Waals surface area contributed by atoms with E-state index in [-0.39, 0.29) is 17.7 Å². The molecule has 0 aliphatic heterocycles. The standard InChI is InChI=1S/C20H23F3N2O2S/c1-12-18(14(3)27-24-12)10-28-11-19(26)25(17-7-8-17)13(2)15-5-4-6-16(9-15)20(21,22)23/h4-6,9,13,17H,7-8,10-11H2,1-3H3. The lowest BCUT2D eigenvalue weighted by Gasteiger charge is -2.30. The molecular weight excluding hydrogens is 389 g/mol. The minimum absolute atomic E-state index is 0.0517. The summed E-state index contributed by atoms with van der Waals surface area (Å²) in [5, 5.41) is 3.91. The number of hydrogen-bond acceptors (Lipinski definition) is 4. The number of carbonyl (C=O) groups is 1. The van der Waals surface area contributed by atoms with Crippen LogP contribution in [-0.4, -0.2) is 27.8 Å². The van der Waals surface area contributed by atoms with E-state index >= 15 is 0 Å². The number of carbonyl (C=O) groups excluding carboxylic acids is 1. The Balaban J connectivity index is 1.68. The maximum atomic E-state index is 13.0. The number of nitrogens with zero attached hydrogens (tertiary/aromatic N) is 2. The zero-order valence-electron chi connectivity index (χ0n) is 16.0. The second kappa shape index (κ2) is 8.19. The van der Waals surface area contributed by atoms with Crippen molar-refractivity contribution in [2.45, 2.75) is 57.6 Å². The zero-order chi connectivity index (χ0) is 20.5. The van der Waals surface area contributed by atoms with Gasteiger partial charge in [0.25, 0.3) is 0 Å². The Labute approximate surface area is 166 Å². The molecule has 1 amide bonds. The topological polar surface area (TPSA) is 46.3 Å². The number of amides is 1. The van der Waals surface area contributed by atoms with E-state index in [1.54, 1.807) is 17.9 Å². The molecule has 28 heavy (non-hydrogen) atoms. The normalized spacial score (nSPS) is 15.5. The van der Waals surface area contributed by atoms with Gasteiger partial charge in [0, 0.05) is 17.4 Å². The Morgan fingerprint density at radius 2 is 2.07 bits per heavy atom. The van der Waals surface area contributed by atoms with Gasteiger partial charge in [-0.2, -0.15) is 13.2 Å². The number of rotatable bonds is 7. The lowest BCUT2D eigenvalue weighted by molar-refractivity contribution is -0.137. The molecule has 1 aliphatic carbocycles. The molecule has 4 nitrogen and oxygen atoms in total. The molecule has 1 aromatic carbocycles. The van der Waals surface area contributed by atoms with Crippen LogP contribution in [0.15, 0.2) is 28.8 Å². The van der Waals surface area contributed by atoms with Gasteiger partial charge in [0.05, 0.1) is 23.1 Å². The summed E-state index contributed by atoms with van der Waals surface area (Å²) in [7, 11) is 0. The van der Waals surface area contributed by atoms with Gasteiger partial charge in [-0.05, 0) is 51.3 Å². The highest BCUT2D eigenvalue weighted by molar-refractivity contribution is 7.99. The maximum Gasteiger partial charge on any atom is 0.416 e. The quantitative estimate of drug-likeness (QED) is 0.619.